The third kappa shape index (κ3) is 8.60. The van der Waals surface area contributed by atoms with Crippen LogP contribution in [-0.2, 0) is 9.59 Å². The van der Waals surface area contributed by atoms with Crippen molar-refractivity contribution < 1.29 is 19.1 Å². The Kier molecular flexibility index (Phi) is 12.2. The molecule has 5 heteroatoms. The number of aliphatic hydroxyl groups is 1. The highest BCUT2D eigenvalue weighted by Crippen LogP contribution is 2.37. The van der Waals surface area contributed by atoms with Crippen LogP contribution in [0, 0.1) is 5.82 Å². The fraction of sp³-hybridized carbons (Fsp3) is 0.643. The predicted octanol–water partition coefficient (Wildman–Crippen LogP) is 7.59. The van der Waals surface area contributed by atoms with Crippen LogP contribution in [0.2, 0.25) is 0 Å². The first-order valence-electron chi connectivity index (χ1n) is 13.0. The zero-order valence-corrected chi connectivity index (χ0v) is 20.6. The summed E-state index contributed by atoms with van der Waals surface area (Å²) in [7, 11) is 0. The maximum Gasteiger partial charge on any atom is 0.290 e. The predicted molar refractivity (Wildman–Crippen MR) is 132 cm³/mol. The van der Waals surface area contributed by atoms with Crippen molar-refractivity contribution in [2.45, 2.75) is 110 Å². The maximum absolute atomic E-state index is 13.4. The fourth-order valence-electron chi connectivity index (χ4n) is 4.71. The molecular formula is C28H42FNO3. The first-order chi connectivity index (χ1) is 16.0. The Balaban J connectivity index is 1.68. The van der Waals surface area contributed by atoms with Gasteiger partial charge in [-0.3, -0.25) is 9.59 Å². The molecule has 1 amide bonds. The largest absolute Gasteiger partial charge is 0.503 e. The van der Waals surface area contributed by atoms with Crippen LogP contribution in [0.1, 0.15) is 115 Å². The number of halogens is 1. The van der Waals surface area contributed by atoms with Gasteiger partial charge in [-0.15, -0.1) is 0 Å². The van der Waals surface area contributed by atoms with E-state index in [0.29, 0.717) is 12.1 Å². The molecule has 184 valence electrons. The van der Waals surface area contributed by atoms with Crippen LogP contribution in [0.5, 0.6) is 0 Å². The summed E-state index contributed by atoms with van der Waals surface area (Å²) in [6, 6.07) is 5.15. The molecular weight excluding hydrogens is 417 g/mol. The molecule has 1 aliphatic heterocycles. The molecule has 1 N–H and O–H groups in total. The van der Waals surface area contributed by atoms with Gasteiger partial charge in [0.25, 0.3) is 5.91 Å². The van der Waals surface area contributed by atoms with Crippen LogP contribution in [-0.4, -0.2) is 28.2 Å². The highest BCUT2D eigenvalue weighted by molar-refractivity contribution is 6.08. The number of rotatable bonds is 17. The fourth-order valence-corrected chi connectivity index (χ4v) is 4.71. The molecule has 0 aromatic heterocycles. The number of nitrogens with zero attached hydrogens (tertiary/aromatic N) is 1. The van der Waals surface area contributed by atoms with E-state index in [-0.39, 0.29) is 17.2 Å². The molecule has 0 radical (unpaired) electrons. The summed E-state index contributed by atoms with van der Waals surface area (Å²) in [5.41, 5.74) is 0.751. The molecule has 4 nitrogen and oxygen atoms in total. The number of unbranched alkanes of at least 4 members (excludes halogenated alkanes) is 13. The number of hydrogen-bond donors (Lipinski definition) is 1. The second-order valence-corrected chi connectivity index (χ2v) is 9.37. The highest BCUT2D eigenvalue weighted by Gasteiger charge is 2.41. The van der Waals surface area contributed by atoms with Gasteiger partial charge < -0.3 is 10.0 Å². The minimum absolute atomic E-state index is 0.108. The van der Waals surface area contributed by atoms with Crippen LogP contribution in [0.15, 0.2) is 35.6 Å². The summed E-state index contributed by atoms with van der Waals surface area (Å²) in [5, 5.41) is 10.3. The van der Waals surface area contributed by atoms with Gasteiger partial charge in [0.2, 0.25) is 0 Å². The molecule has 0 bridgehead atoms. The highest BCUT2D eigenvalue weighted by atomic mass is 19.1. The molecule has 0 spiro atoms. The van der Waals surface area contributed by atoms with Crippen LogP contribution < -0.4 is 0 Å². The minimum Gasteiger partial charge on any atom is -0.503 e. The smallest absolute Gasteiger partial charge is 0.290 e. The summed E-state index contributed by atoms with van der Waals surface area (Å²) in [6.45, 7) is 4.08. The molecule has 0 saturated heterocycles. The van der Waals surface area contributed by atoms with Gasteiger partial charge in [0, 0.05) is 6.54 Å². The molecule has 0 fully saturated rings. The number of ketones is 1. The van der Waals surface area contributed by atoms with E-state index < -0.39 is 17.7 Å². The second kappa shape index (κ2) is 14.9. The van der Waals surface area contributed by atoms with Crippen molar-refractivity contribution in [2.75, 3.05) is 6.54 Å². The Labute approximate surface area is 199 Å². The van der Waals surface area contributed by atoms with Gasteiger partial charge in [-0.1, -0.05) is 103 Å². The Morgan fingerprint density at radius 2 is 1.30 bits per heavy atom. The van der Waals surface area contributed by atoms with Crippen molar-refractivity contribution in [3.8, 4) is 0 Å². The summed E-state index contributed by atoms with van der Waals surface area (Å²) in [5.74, 6) is -1.69. The number of carbonyl (C=O) groups is 2. The average Bonchev–Trinajstić information content (AvgIpc) is 3.05. The summed E-state index contributed by atoms with van der Waals surface area (Å²) < 4.78 is 13.4. The molecule has 0 saturated carbocycles. The first-order valence-corrected chi connectivity index (χ1v) is 13.0. The zero-order valence-electron chi connectivity index (χ0n) is 20.6. The van der Waals surface area contributed by atoms with E-state index in [1.807, 2.05) is 0 Å². The van der Waals surface area contributed by atoms with E-state index in [9.17, 15) is 19.1 Å². The minimum atomic E-state index is -0.641. The maximum atomic E-state index is 13.4. The van der Waals surface area contributed by atoms with Gasteiger partial charge in [-0.05, 0) is 31.0 Å². The van der Waals surface area contributed by atoms with Crippen molar-refractivity contribution in [1.29, 1.82) is 0 Å². The van der Waals surface area contributed by atoms with Crippen molar-refractivity contribution in [3.63, 3.8) is 0 Å². The summed E-state index contributed by atoms with van der Waals surface area (Å²) in [4.78, 5) is 26.3. The monoisotopic (exact) mass is 459 g/mol. The van der Waals surface area contributed by atoms with E-state index in [0.717, 1.165) is 19.3 Å². The van der Waals surface area contributed by atoms with Crippen LogP contribution >= 0.6 is 0 Å². The number of benzene rings is 1. The van der Waals surface area contributed by atoms with Crippen LogP contribution in [0.25, 0.3) is 0 Å². The number of carbonyl (C=O) groups excluding carboxylic acids is 2. The van der Waals surface area contributed by atoms with Gasteiger partial charge in [-0.2, -0.15) is 0 Å². The normalized spacial score (nSPS) is 16.2. The number of Topliss-reactive ketones (excluding diaryl/α,β-unsaturated/α-hetero) is 1. The third-order valence-corrected chi connectivity index (χ3v) is 6.62. The third-order valence-electron chi connectivity index (χ3n) is 6.62. The van der Waals surface area contributed by atoms with Crippen LogP contribution in [0.3, 0.4) is 0 Å². The summed E-state index contributed by atoms with van der Waals surface area (Å²) >= 11 is 0. The quantitative estimate of drug-likeness (QED) is 0.244. The van der Waals surface area contributed by atoms with E-state index in [2.05, 4.69) is 6.92 Å². The van der Waals surface area contributed by atoms with E-state index in [1.165, 1.54) is 89.7 Å². The zero-order chi connectivity index (χ0) is 24.1. The lowest BCUT2D eigenvalue weighted by Crippen LogP contribution is -2.32. The van der Waals surface area contributed by atoms with Crippen molar-refractivity contribution in [2.24, 2.45) is 0 Å². The Morgan fingerprint density at radius 3 is 1.76 bits per heavy atom. The van der Waals surface area contributed by atoms with Gasteiger partial charge in [-0.25, -0.2) is 4.39 Å². The molecule has 1 aromatic carbocycles. The topological polar surface area (TPSA) is 57.6 Å². The van der Waals surface area contributed by atoms with Gasteiger partial charge in [0.05, 0.1) is 11.6 Å². The van der Waals surface area contributed by atoms with E-state index >= 15 is 0 Å². The van der Waals surface area contributed by atoms with Gasteiger partial charge in [0.15, 0.2) is 11.5 Å². The molecule has 1 atom stereocenters. The Bertz CT molecular complexity index is 772. The standard InChI is InChI=1S/C28H42FNO3/c1-3-4-5-6-7-8-9-10-11-12-13-14-15-16-21-30-26(23-17-19-24(29)20-18-23)25(22(2)31)27(32)28(30)33/h17-20,26,32H,3-16,21H2,1-2H3. The molecule has 33 heavy (non-hydrogen) atoms. The number of aliphatic hydroxyl groups excluding tert-OH is 1. The lowest BCUT2D eigenvalue weighted by atomic mass is 9.96. The Hall–Kier alpha value is -2.17. The van der Waals surface area contributed by atoms with Gasteiger partial charge >= 0.3 is 0 Å². The molecule has 1 aromatic rings. The number of hydrogen-bond acceptors (Lipinski definition) is 3. The lowest BCUT2D eigenvalue weighted by Gasteiger charge is -2.26. The van der Waals surface area contributed by atoms with Crippen molar-refractivity contribution >= 4 is 11.7 Å². The average molecular weight is 460 g/mol. The molecule has 1 heterocycles. The molecule has 0 aliphatic carbocycles. The van der Waals surface area contributed by atoms with Crippen LogP contribution in [0.4, 0.5) is 4.39 Å². The molecule has 1 aliphatic rings. The first kappa shape index (κ1) is 27.1. The number of amides is 1. The van der Waals surface area contributed by atoms with E-state index in [4.69, 9.17) is 0 Å². The molecule has 2 rings (SSSR count). The van der Waals surface area contributed by atoms with E-state index in [1.54, 1.807) is 17.0 Å². The van der Waals surface area contributed by atoms with Crippen molar-refractivity contribution in [1.82, 2.24) is 4.90 Å². The van der Waals surface area contributed by atoms with Gasteiger partial charge in [0.1, 0.15) is 5.82 Å². The lowest BCUT2D eigenvalue weighted by molar-refractivity contribution is -0.129. The summed E-state index contributed by atoms with van der Waals surface area (Å²) in [6.07, 6.45) is 17.6. The SMILES string of the molecule is CCCCCCCCCCCCCCCCN1C(=O)C(O)=C(C(C)=O)C1c1ccc(F)cc1. The molecule has 1 unspecified atom stereocenters. The van der Waals surface area contributed by atoms with Crippen molar-refractivity contribution in [3.05, 3.63) is 47.0 Å². The second-order valence-electron chi connectivity index (χ2n) is 9.37. The Morgan fingerprint density at radius 1 is 0.848 bits per heavy atom.